The molecule has 2 heterocycles. The summed E-state index contributed by atoms with van der Waals surface area (Å²) in [5.74, 6) is 0.104. The highest BCUT2D eigenvalue weighted by molar-refractivity contribution is 7.09. The molecule has 35 heavy (non-hydrogen) atoms. The van der Waals surface area contributed by atoms with Crippen LogP contribution in [0.4, 0.5) is 0 Å². The Labute approximate surface area is 216 Å². The van der Waals surface area contributed by atoms with E-state index in [4.69, 9.17) is 4.74 Å². The molecule has 196 valence electrons. The largest absolute Gasteiger partial charge is 0.457 e. The van der Waals surface area contributed by atoms with Crippen molar-refractivity contribution >= 4 is 29.2 Å². The maximum Gasteiger partial charge on any atom is 0.306 e. The highest BCUT2D eigenvalue weighted by Crippen LogP contribution is 2.38. The van der Waals surface area contributed by atoms with E-state index in [1.807, 2.05) is 66.0 Å². The molecule has 0 aliphatic carbocycles. The van der Waals surface area contributed by atoms with Gasteiger partial charge in [0.25, 0.3) is 0 Å². The second-order valence-corrected chi connectivity index (χ2v) is 12.3. The van der Waals surface area contributed by atoms with Crippen LogP contribution < -0.4 is 0 Å². The van der Waals surface area contributed by atoms with Crippen LogP contribution in [0.5, 0.6) is 0 Å². The predicted molar refractivity (Wildman–Crippen MR) is 144 cm³/mol. The van der Waals surface area contributed by atoms with Crippen LogP contribution in [-0.2, 0) is 14.3 Å². The number of hydrogen-bond acceptors (Lipinski definition) is 6. The molecule has 1 aliphatic rings. The van der Waals surface area contributed by atoms with Gasteiger partial charge in [0.05, 0.1) is 16.8 Å². The highest BCUT2D eigenvalue weighted by atomic mass is 32.1. The number of aliphatic hydroxyl groups excluding tert-OH is 1. The number of aromatic nitrogens is 1. The molecule has 6 atom stereocenters. The van der Waals surface area contributed by atoms with E-state index in [2.05, 4.69) is 18.8 Å². The molecule has 0 amide bonds. The molecule has 0 unspecified atom stereocenters. The number of hydrogen-bond donors (Lipinski definition) is 1. The summed E-state index contributed by atoms with van der Waals surface area (Å²) < 4.78 is 5.97. The second kappa shape index (κ2) is 12.4. The van der Waals surface area contributed by atoms with E-state index in [0.29, 0.717) is 18.8 Å². The van der Waals surface area contributed by atoms with Crippen molar-refractivity contribution < 1.29 is 19.4 Å². The van der Waals surface area contributed by atoms with E-state index in [1.54, 1.807) is 11.3 Å². The van der Waals surface area contributed by atoms with Crippen LogP contribution in [0, 0.1) is 36.0 Å². The number of carbonyl (C=O) groups is 2. The van der Waals surface area contributed by atoms with Gasteiger partial charge in [-0.1, -0.05) is 47.6 Å². The number of ether oxygens (including phenoxy) is 1. The third kappa shape index (κ3) is 7.85. The Morgan fingerprint density at radius 2 is 1.83 bits per heavy atom. The SMILES string of the molecule is C/C1=C/C[C@@H](/C(C)=C/c2csc(C)n2)OC(=O)C[C@H](C)C(C)(C)C(=O)[C@H](C)[C@@H](C)[C@@H](C)CC[C@H]1O. The van der Waals surface area contributed by atoms with Gasteiger partial charge in [-0.3, -0.25) is 9.59 Å². The zero-order valence-electron chi connectivity index (χ0n) is 23.1. The molecule has 0 radical (unpaired) electrons. The lowest BCUT2D eigenvalue weighted by Crippen LogP contribution is -2.40. The van der Waals surface area contributed by atoms with Crippen molar-refractivity contribution in [2.45, 2.75) is 100 Å². The fourth-order valence-electron chi connectivity index (χ4n) is 4.71. The van der Waals surface area contributed by atoms with Crippen molar-refractivity contribution in [3.63, 3.8) is 0 Å². The van der Waals surface area contributed by atoms with E-state index in [9.17, 15) is 14.7 Å². The van der Waals surface area contributed by atoms with Crippen molar-refractivity contribution in [2.24, 2.45) is 29.1 Å². The highest BCUT2D eigenvalue weighted by Gasteiger charge is 2.40. The molecule has 6 heteroatoms. The van der Waals surface area contributed by atoms with Gasteiger partial charge in [-0.25, -0.2) is 4.98 Å². The van der Waals surface area contributed by atoms with Crippen LogP contribution in [-0.4, -0.2) is 34.1 Å². The third-order valence-corrected chi connectivity index (χ3v) is 9.10. The lowest BCUT2D eigenvalue weighted by atomic mass is 9.67. The number of Topliss-reactive ketones (excluding diaryl/α,β-unsaturated/α-hetero) is 1. The summed E-state index contributed by atoms with van der Waals surface area (Å²) in [5, 5.41) is 13.7. The van der Waals surface area contributed by atoms with Crippen LogP contribution in [0.15, 0.2) is 22.6 Å². The number of cyclic esters (lactones) is 1. The number of esters is 1. The molecule has 5 nitrogen and oxygen atoms in total. The molecule has 1 N–H and O–H groups in total. The minimum atomic E-state index is -0.641. The Balaban J connectivity index is 2.38. The summed E-state index contributed by atoms with van der Waals surface area (Å²) in [6.07, 6.45) is 5.10. The average Bonchev–Trinajstić information content (AvgIpc) is 3.21. The number of carbonyl (C=O) groups excluding carboxylic acids is 2. The van der Waals surface area contributed by atoms with Crippen LogP contribution in [0.1, 0.15) is 91.8 Å². The smallest absolute Gasteiger partial charge is 0.306 e. The van der Waals surface area contributed by atoms with Crippen LogP contribution in [0.25, 0.3) is 6.08 Å². The Morgan fingerprint density at radius 1 is 1.17 bits per heavy atom. The first-order valence-electron chi connectivity index (χ1n) is 12.9. The first-order chi connectivity index (χ1) is 16.2. The van der Waals surface area contributed by atoms with E-state index in [0.717, 1.165) is 28.3 Å². The summed E-state index contributed by atoms with van der Waals surface area (Å²) in [6, 6.07) is 0. The Hall–Kier alpha value is -1.79. The molecular weight excluding hydrogens is 458 g/mol. The lowest BCUT2D eigenvalue weighted by Gasteiger charge is -2.36. The van der Waals surface area contributed by atoms with Crippen molar-refractivity contribution in [3.8, 4) is 0 Å². The van der Waals surface area contributed by atoms with Crippen molar-refractivity contribution in [1.29, 1.82) is 0 Å². The van der Waals surface area contributed by atoms with Crippen LogP contribution in [0.2, 0.25) is 0 Å². The molecule has 0 fully saturated rings. The van der Waals surface area contributed by atoms with Gasteiger partial charge in [0, 0.05) is 29.6 Å². The lowest BCUT2D eigenvalue weighted by molar-refractivity contribution is -0.150. The van der Waals surface area contributed by atoms with E-state index >= 15 is 0 Å². The number of nitrogens with zero attached hydrogens (tertiary/aromatic N) is 1. The minimum absolute atomic E-state index is 0.125. The van der Waals surface area contributed by atoms with Gasteiger partial charge in [0.2, 0.25) is 0 Å². The van der Waals surface area contributed by atoms with Gasteiger partial charge in [-0.15, -0.1) is 11.3 Å². The standard InChI is InChI=1S/C29H45NO4S/c1-17-10-12-25(31)18(2)11-13-26(19(3)14-24-16-35-23(7)30-24)34-27(32)15-20(4)29(8,9)28(33)22(6)21(17)5/h11,14,16-17,20-22,25-26,31H,10,12-13,15H2,1-9H3/b18-11-,19-14+/t17-,20-,21-,22+,25+,26-/m0/s1. The number of aryl methyl sites for hydroxylation is 1. The third-order valence-electron chi connectivity index (χ3n) is 8.31. The van der Waals surface area contributed by atoms with Gasteiger partial charge in [0.15, 0.2) is 0 Å². The number of rotatable bonds is 2. The summed E-state index contributed by atoms with van der Waals surface area (Å²) in [7, 11) is 0. The summed E-state index contributed by atoms with van der Waals surface area (Å²) in [4.78, 5) is 31.1. The van der Waals surface area contributed by atoms with Gasteiger partial charge >= 0.3 is 5.97 Å². The molecule has 0 bridgehead atoms. The molecule has 0 saturated carbocycles. The van der Waals surface area contributed by atoms with Crippen molar-refractivity contribution in [1.82, 2.24) is 4.98 Å². The molecule has 1 aliphatic heterocycles. The summed E-state index contributed by atoms with van der Waals surface area (Å²) in [6.45, 7) is 18.0. The molecule has 1 aromatic rings. The second-order valence-electron chi connectivity index (χ2n) is 11.3. The minimum Gasteiger partial charge on any atom is -0.457 e. The first-order valence-corrected chi connectivity index (χ1v) is 13.8. The summed E-state index contributed by atoms with van der Waals surface area (Å²) in [5.41, 5.74) is 2.00. The fraction of sp³-hybridized carbons (Fsp3) is 0.690. The van der Waals surface area contributed by atoms with E-state index < -0.39 is 17.6 Å². The average molecular weight is 504 g/mol. The van der Waals surface area contributed by atoms with Crippen LogP contribution >= 0.6 is 11.3 Å². The quantitative estimate of drug-likeness (QED) is 0.355. The Kier molecular flexibility index (Phi) is 10.5. The molecule has 1 aromatic heterocycles. The first kappa shape index (κ1) is 29.4. The Morgan fingerprint density at radius 3 is 2.43 bits per heavy atom. The van der Waals surface area contributed by atoms with Crippen molar-refractivity contribution in [2.75, 3.05) is 0 Å². The van der Waals surface area contributed by atoms with E-state index in [1.165, 1.54) is 0 Å². The molecule has 0 aromatic carbocycles. The van der Waals surface area contributed by atoms with Gasteiger partial charge in [-0.05, 0) is 68.6 Å². The fourth-order valence-corrected chi connectivity index (χ4v) is 5.28. The topological polar surface area (TPSA) is 76.5 Å². The van der Waals surface area contributed by atoms with Gasteiger partial charge < -0.3 is 9.84 Å². The van der Waals surface area contributed by atoms with Gasteiger partial charge in [-0.2, -0.15) is 0 Å². The predicted octanol–water partition coefficient (Wildman–Crippen LogP) is 6.79. The zero-order chi connectivity index (χ0) is 26.5. The maximum absolute atomic E-state index is 13.5. The van der Waals surface area contributed by atoms with Gasteiger partial charge in [0.1, 0.15) is 11.9 Å². The molecule has 0 spiro atoms. The van der Waals surface area contributed by atoms with Crippen molar-refractivity contribution in [3.05, 3.63) is 33.3 Å². The van der Waals surface area contributed by atoms with E-state index in [-0.39, 0.29) is 35.9 Å². The molecular formula is C29H45NO4S. The number of aliphatic hydroxyl groups is 1. The number of ketones is 1. The maximum atomic E-state index is 13.5. The molecule has 2 rings (SSSR count). The molecule has 0 saturated heterocycles. The van der Waals surface area contributed by atoms with Crippen LogP contribution in [0.3, 0.4) is 0 Å². The number of thiazole rings is 1. The monoisotopic (exact) mass is 503 g/mol. The normalized spacial score (nSPS) is 33.7. The zero-order valence-corrected chi connectivity index (χ0v) is 23.9. The summed E-state index contributed by atoms with van der Waals surface area (Å²) >= 11 is 1.58. The Bertz CT molecular complexity index is 944.